The molecule has 0 saturated carbocycles. The standard InChI is InChI=1S/C17H14N2O2S/c20-16(19-17-18-10-11-22-17)15-9-5-4-6-13(15)12-21-14-7-2-1-3-8-14/h1-11H,12H2,(H,18,19,20). The molecule has 0 spiro atoms. The summed E-state index contributed by atoms with van der Waals surface area (Å²) in [5.41, 5.74) is 1.43. The molecule has 1 amide bonds. The Kier molecular flexibility index (Phi) is 4.46. The van der Waals surface area contributed by atoms with Crippen molar-refractivity contribution in [2.24, 2.45) is 0 Å². The zero-order valence-corrected chi connectivity index (χ0v) is 12.5. The van der Waals surface area contributed by atoms with Crippen molar-refractivity contribution in [3.63, 3.8) is 0 Å². The number of nitrogens with one attached hydrogen (secondary N) is 1. The van der Waals surface area contributed by atoms with Crippen molar-refractivity contribution in [3.05, 3.63) is 77.3 Å². The van der Waals surface area contributed by atoms with Gasteiger partial charge in [-0.15, -0.1) is 11.3 Å². The topological polar surface area (TPSA) is 51.2 Å². The number of ether oxygens (including phenoxy) is 1. The van der Waals surface area contributed by atoms with E-state index in [1.807, 2.05) is 53.9 Å². The van der Waals surface area contributed by atoms with Gasteiger partial charge in [-0.25, -0.2) is 4.98 Å². The molecule has 22 heavy (non-hydrogen) atoms. The number of aromatic nitrogens is 1. The normalized spacial score (nSPS) is 10.2. The van der Waals surface area contributed by atoms with E-state index in [2.05, 4.69) is 10.3 Å². The fourth-order valence-corrected chi connectivity index (χ4v) is 2.52. The van der Waals surface area contributed by atoms with Crippen LogP contribution in [0, 0.1) is 0 Å². The molecule has 0 aliphatic rings. The second-order valence-corrected chi connectivity index (χ2v) is 5.44. The SMILES string of the molecule is O=C(Nc1nccs1)c1ccccc1COc1ccccc1. The lowest BCUT2D eigenvalue weighted by Crippen LogP contribution is -2.15. The highest BCUT2D eigenvalue weighted by molar-refractivity contribution is 7.13. The summed E-state index contributed by atoms with van der Waals surface area (Å²) in [7, 11) is 0. The summed E-state index contributed by atoms with van der Waals surface area (Å²) < 4.78 is 5.73. The lowest BCUT2D eigenvalue weighted by molar-refractivity contribution is 0.102. The Morgan fingerprint density at radius 3 is 2.64 bits per heavy atom. The molecule has 1 N–H and O–H groups in total. The van der Waals surface area contributed by atoms with Crippen molar-refractivity contribution < 1.29 is 9.53 Å². The first-order valence-corrected chi connectivity index (χ1v) is 7.67. The Labute approximate surface area is 132 Å². The van der Waals surface area contributed by atoms with Gasteiger partial charge in [0, 0.05) is 22.7 Å². The minimum Gasteiger partial charge on any atom is -0.489 e. The van der Waals surface area contributed by atoms with Crippen LogP contribution in [-0.4, -0.2) is 10.9 Å². The number of hydrogen-bond acceptors (Lipinski definition) is 4. The lowest BCUT2D eigenvalue weighted by atomic mass is 10.1. The molecule has 5 heteroatoms. The Morgan fingerprint density at radius 1 is 1.09 bits per heavy atom. The molecular weight excluding hydrogens is 296 g/mol. The van der Waals surface area contributed by atoms with E-state index in [9.17, 15) is 4.79 Å². The molecule has 0 aliphatic heterocycles. The fraction of sp³-hybridized carbons (Fsp3) is 0.0588. The fourth-order valence-electron chi connectivity index (χ4n) is 2.00. The third kappa shape index (κ3) is 3.51. The highest BCUT2D eigenvalue weighted by atomic mass is 32.1. The van der Waals surface area contributed by atoms with Crippen LogP contribution in [0.15, 0.2) is 66.2 Å². The average Bonchev–Trinajstić information content (AvgIpc) is 3.07. The molecule has 4 nitrogen and oxygen atoms in total. The zero-order chi connectivity index (χ0) is 15.2. The van der Waals surface area contributed by atoms with E-state index >= 15 is 0 Å². The molecule has 0 atom stereocenters. The minimum absolute atomic E-state index is 0.179. The maximum atomic E-state index is 12.3. The molecule has 1 aromatic heterocycles. The van der Waals surface area contributed by atoms with Crippen molar-refractivity contribution >= 4 is 22.4 Å². The van der Waals surface area contributed by atoms with Crippen LogP contribution in [0.25, 0.3) is 0 Å². The second-order valence-electron chi connectivity index (χ2n) is 4.55. The maximum Gasteiger partial charge on any atom is 0.257 e. The molecule has 2 aromatic carbocycles. The number of rotatable bonds is 5. The molecule has 0 bridgehead atoms. The van der Waals surface area contributed by atoms with E-state index in [1.54, 1.807) is 12.3 Å². The summed E-state index contributed by atoms with van der Waals surface area (Å²) in [4.78, 5) is 16.4. The summed E-state index contributed by atoms with van der Waals surface area (Å²) in [6.45, 7) is 0.339. The van der Waals surface area contributed by atoms with Gasteiger partial charge in [0.1, 0.15) is 12.4 Å². The van der Waals surface area contributed by atoms with Gasteiger partial charge in [-0.3, -0.25) is 10.1 Å². The number of para-hydroxylation sites is 1. The highest BCUT2D eigenvalue weighted by Gasteiger charge is 2.12. The van der Waals surface area contributed by atoms with Crippen LogP contribution in [0.2, 0.25) is 0 Å². The van der Waals surface area contributed by atoms with Crippen LogP contribution in [-0.2, 0) is 6.61 Å². The quantitative estimate of drug-likeness (QED) is 0.775. The Hall–Kier alpha value is -2.66. The monoisotopic (exact) mass is 310 g/mol. The molecule has 3 aromatic rings. The molecule has 3 rings (SSSR count). The first-order valence-electron chi connectivity index (χ1n) is 6.79. The Morgan fingerprint density at radius 2 is 1.86 bits per heavy atom. The van der Waals surface area contributed by atoms with Crippen LogP contribution in [0.5, 0.6) is 5.75 Å². The molecular formula is C17H14N2O2S. The summed E-state index contributed by atoms with van der Waals surface area (Å²) >= 11 is 1.39. The third-order valence-electron chi connectivity index (χ3n) is 3.05. The van der Waals surface area contributed by atoms with Crippen molar-refractivity contribution in [2.45, 2.75) is 6.61 Å². The van der Waals surface area contributed by atoms with Gasteiger partial charge in [0.25, 0.3) is 5.91 Å². The number of nitrogens with zero attached hydrogens (tertiary/aromatic N) is 1. The average molecular weight is 310 g/mol. The minimum atomic E-state index is -0.179. The maximum absolute atomic E-state index is 12.3. The van der Waals surface area contributed by atoms with Gasteiger partial charge in [-0.1, -0.05) is 36.4 Å². The van der Waals surface area contributed by atoms with E-state index in [1.165, 1.54) is 11.3 Å². The number of hydrogen-bond donors (Lipinski definition) is 1. The molecule has 1 heterocycles. The third-order valence-corrected chi connectivity index (χ3v) is 3.74. The van der Waals surface area contributed by atoms with E-state index in [0.717, 1.165) is 11.3 Å². The molecule has 0 aliphatic carbocycles. The largest absolute Gasteiger partial charge is 0.489 e. The van der Waals surface area contributed by atoms with E-state index in [4.69, 9.17) is 4.74 Å². The summed E-state index contributed by atoms with van der Waals surface area (Å²) in [5, 5.41) is 5.20. The van der Waals surface area contributed by atoms with Gasteiger partial charge < -0.3 is 4.74 Å². The predicted molar refractivity (Wildman–Crippen MR) is 87.3 cm³/mol. The number of carbonyl (C=O) groups is 1. The zero-order valence-electron chi connectivity index (χ0n) is 11.7. The predicted octanol–water partition coefficient (Wildman–Crippen LogP) is 3.97. The van der Waals surface area contributed by atoms with Gasteiger partial charge in [0.2, 0.25) is 0 Å². The van der Waals surface area contributed by atoms with E-state index in [-0.39, 0.29) is 5.91 Å². The number of amides is 1. The van der Waals surface area contributed by atoms with Crippen molar-refractivity contribution in [2.75, 3.05) is 5.32 Å². The molecule has 110 valence electrons. The smallest absolute Gasteiger partial charge is 0.257 e. The van der Waals surface area contributed by atoms with E-state index in [0.29, 0.717) is 17.3 Å². The van der Waals surface area contributed by atoms with Crippen LogP contribution in [0.4, 0.5) is 5.13 Å². The number of thiazole rings is 1. The van der Waals surface area contributed by atoms with Gasteiger partial charge in [0.15, 0.2) is 5.13 Å². The van der Waals surface area contributed by atoms with Gasteiger partial charge in [-0.05, 0) is 18.2 Å². The molecule has 0 saturated heterocycles. The summed E-state index contributed by atoms with van der Waals surface area (Å²) in [6.07, 6.45) is 1.66. The summed E-state index contributed by atoms with van der Waals surface area (Å²) in [6, 6.07) is 16.9. The van der Waals surface area contributed by atoms with Crippen LogP contribution in [0.1, 0.15) is 15.9 Å². The van der Waals surface area contributed by atoms with Crippen LogP contribution in [0.3, 0.4) is 0 Å². The Bertz CT molecular complexity index is 742. The molecule has 0 radical (unpaired) electrons. The molecule has 0 unspecified atom stereocenters. The van der Waals surface area contributed by atoms with Crippen LogP contribution < -0.4 is 10.1 Å². The first kappa shape index (κ1) is 14.3. The molecule has 0 fully saturated rings. The Balaban J connectivity index is 1.73. The number of benzene rings is 2. The van der Waals surface area contributed by atoms with Gasteiger partial charge >= 0.3 is 0 Å². The summed E-state index contributed by atoms with van der Waals surface area (Å²) in [5.74, 6) is 0.597. The van der Waals surface area contributed by atoms with Gasteiger partial charge in [0.05, 0.1) is 0 Å². The van der Waals surface area contributed by atoms with Crippen molar-refractivity contribution in [1.82, 2.24) is 4.98 Å². The number of anilines is 1. The number of carbonyl (C=O) groups excluding carboxylic acids is 1. The lowest BCUT2D eigenvalue weighted by Gasteiger charge is -2.10. The van der Waals surface area contributed by atoms with Gasteiger partial charge in [-0.2, -0.15) is 0 Å². The van der Waals surface area contributed by atoms with E-state index < -0.39 is 0 Å². The van der Waals surface area contributed by atoms with Crippen LogP contribution >= 0.6 is 11.3 Å². The second kappa shape index (κ2) is 6.87. The highest BCUT2D eigenvalue weighted by Crippen LogP contribution is 2.17. The van der Waals surface area contributed by atoms with Crippen molar-refractivity contribution in [3.8, 4) is 5.75 Å². The van der Waals surface area contributed by atoms with Crippen molar-refractivity contribution in [1.29, 1.82) is 0 Å². The first-order chi connectivity index (χ1) is 10.8.